The number of amides is 1. The molecule has 116 valence electrons. The van der Waals surface area contributed by atoms with Crippen molar-refractivity contribution in [1.29, 1.82) is 5.26 Å². The quantitative estimate of drug-likeness (QED) is 0.801. The molecule has 2 fully saturated rings. The predicted molar refractivity (Wildman–Crippen MR) is 80.5 cm³/mol. The molecule has 2 aliphatic rings. The van der Waals surface area contributed by atoms with Crippen LogP contribution in [0.2, 0.25) is 0 Å². The highest BCUT2D eigenvalue weighted by Gasteiger charge is 2.31. The second-order valence-electron chi connectivity index (χ2n) is 5.40. The van der Waals surface area contributed by atoms with Gasteiger partial charge in [-0.1, -0.05) is 0 Å². The molecular weight excluding hydrogens is 282 g/mol. The molecule has 1 amide bonds. The van der Waals surface area contributed by atoms with Crippen molar-refractivity contribution in [2.75, 3.05) is 50.9 Å². The van der Waals surface area contributed by atoms with Crippen molar-refractivity contribution >= 4 is 11.6 Å². The van der Waals surface area contributed by atoms with Crippen LogP contribution < -0.4 is 4.90 Å². The van der Waals surface area contributed by atoms with Crippen LogP contribution in [0, 0.1) is 11.3 Å². The van der Waals surface area contributed by atoms with Crippen LogP contribution >= 0.6 is 0 Å². The van der Waals surface area contributed by atoms with Crippen LogP contribution in [-0.2, 0) is 14.3 Å². The summed E-state index contributed by atoms with van der Waals surface area (Å²) in [5.74, 6) is 0.0432. The Hall–Kier alpha value is -2.10. The third kappa shape index (κ3) is 3.21. The molecule has 0 aliphatic carbocycles. The summed E-state index contributed by atoms with van der Waals surface area (Å²) < 4.78 is 10.9. The maximum atomic E-state index is 12.5. The summed E-state index contributed by atoms with van der Waals surface area (Å²) in [4.78, 5) is 16.5. The molecule has 2 heterocycles. The lowest BCUT2D eigenvalue weighted by Crippen LogP contribution is -2.53. The Labute approximate surface area is 129 Å². The van der Waals surface area contributed by atoms with Crippen molar-refractivity contribution in [3.8, 4) is 6.07 Å². The summed E-state index contributed by atoms with van der Waals surface area (Å²) >= 11 is 0. The Balaban J connectivity index is 1.65. The Morgan fingerprint density at radius 3 is 2.55 bits per heavy atom. The summed E-state index contributed by atoms with van der Waals surface area (Å²) in [6.07, 6.45) is -0.428. The first-order valence-corrected chi connectivity index (χ1v) is 7.51. The van der Waals surface area contributed by atoms with Crippen molar-refractivity contribution in [2.24, 2.45) is 0 Å². The van der Waals surface area contributed by atoms with E-state index in [1.807, 2.05) is 17.0 Å². The molecule has 2 aliphatic heterocycles. The number of hydrogen-bond acceptors (Lipinski definition) is 5. The van der Waals surface area contributed by atoms with E-state index in [4.69, 9.17) is 14.7 Å². The Kier molecular flexibility index (Phi) is 4.56. The zero-order valence-corrected chi connectivity index (χ0v) is 12.4. The number of nitriles is 1. The maximum absolute atomic E-state index is 12.5. The average molecular weight is 301 g/mol. The number of morpholine rings is 2. The average Bonchev–Trinajstić information content (AvgIpc) is 2.62. The first kappa shape index (κ1) is 14.8. The van der Waals surface area contributed by atoms with Gasteiger partial charge in [0.15, 0.2) is 6.10 Å². The SMILES string of the molecule is N#Cc1ccc(N2CCOC(C(=O)N3CCOCC3)C2)cc1. The molecule has 0 saturated carbocycles. The van der Waals surface area contributed by atoms with E-state index < -0.39 is 6.10 Å². The molecule has 0 bridgehead atoms. The second-order valence-corrected chi connectivity index (χ2v) is 5.40. The Bertz CT molecular complexity index is 561. The van der Waals surface area contributed by atoms with E-state index in [9.17, 15) is 4.79 Å². The highest BCUT2D eigenvalue weighted by atomic mass is 16.5. The number of ether oxygens (including phenoxy) is 2. The second kappa shape index (κ2) is 6.77. The summed E-state index contributed by atoms with van der Waals surface area (Å²) in [5.41, 5.74) is 1.65. The fourth-order valence-corrected chi connectivity index (χ4v) is 2.77. The van der Waals surface area contributed by atoms with Crippen LogP contribution in [0.1, 0.15) is 5.56 Å². The highest BCUT2D eigenvalue weighted by Crippen LogP contribution is 2.19. The predicted octanol–water partition coefficient (Wildman–Crippen LogP) is 0.622. The molecule has 22 heavy (non-hydrogen) atoms. The molecule has 0 N–H and O–H groups in total. The first-order chi connectivity index (χ1) is 10.8. The number of rotatable bonds is 2. The van der Waals surface area contributed by atoms with E-state index in [2.05, 4.69) is 11.0 Å². The standard InChI is InChI=1S/C16H19N3O3/c17-11-13-1-3-14(4-2-13)19-7-10-22-15(12-19)16(20)18-5-8-21-9-6-18/h1-4,15H,5-10,12H2. The normalized spacial score (nSPS) is 22.2. The fraction of sp³-hybridized carbons (Fsp3) is 0.500. The van der Waals surface area contributed by atoms with Crippen LogP contribution in [-0.4, -0.2) is 62.9 Å². The van der Waals surface area contributed by atoms with Gasteiger partial charge in [0.05, 0.1) is 38.0 Å². The van der Waals surface area contributed by atoms with Gasteiger partial charge in [0, 0.05) is 25.3 Å². The van der Waals surface area contributed by atoms with Gasteiger partial charge < -0.3 is 19.3 Å². The third-order valence-corrected chi connectivity index (χ3v) is 4.03. The maximum Gasteiger partial charge on any atom is 0.253 e. The number of carbonyl (C=O) groups excluding carboxylic acids is 1. The number of carbonyl (C=O) groups is 1. The molecular formula is C16H19N3O3. The van der Waals surface area contributed by atoms with Gasteiger partial charge in [0.1, 0.15) is 0 Å². The van der Waals surface area contributed by atoms with Gasteiger partial charge in [-0.15, -0.1) is 0 Å². The van der Waals surface area contributed by atoms with Crippen molar-refractivity contribution in [1.82, 2.24) is 4.90 Å². The first-order valence-electron chi connectivity index (χ1n) is 7.51. The minimum atomic E-state index is -0.428. The lowest BCUT2D eigenvalue weighted by Gasteiger charge is -2.37. The van der Waals surface area contributed by atoms with Gasteiger partial charge in [0.25, 0.3) is 5.91 Å². The molecule has 6 nitrogen and oxygen atoms in total. The smallest absolute Gasteiger partial charge is 0.253 e. The monoisotopic (exact) mass is 301 g/mol. The van der Waals surface area contributed by atoms with Crippen molar-refractivity contribution in [3.63, 3.8) is 0 Å². The van der Waals surface area contributed by atoms with Crippen molar-refractivity contribution < 1.29 is 14.3 Å². The topological polar surface area (TPSA) is 65.8 Å². The van der Waals surface area contributed by atoms with Gasteiger partial charge in [-0.05, 0) is 24.3 Å². The summed E-state index contributed by atoms with van der Waals surface area (Å²) in [7, 11) is 0. The fourth-order valence-electron chi connectivity index (χ4n) is 2.77. The van der Waals surface area contributed by atoms with Crippen LogP contribution in [0.3, 0.4) is 0 Å². The Morgan fingerprint density at radius 2 is 1.86 bits per heavy atom. The van der Waals surface area contributed by atoms with Crippen LogP contribution in [0.25, 0.3) is 0 Å². The molecule has 0 spiro atoms. The molecule has 6 heteroatoms. The summed E-state index contributed by atoms with van der Waals surface area (Å²) in [6, 6.07) is 9.54. The minimum absolute atomic E-state index is 0.0432. The minimum Gasteiger partial charge on any atom is -0.378 e. The van der Waals surface area contributed by atoms with E-state index in [0.717, 1.165) is 12.2 Å². The molecule has 1 aromatic rings. The number of nitrogens with zero attached hydrogens (tertiary/aromatic N) is 3. The van der Waals surface area contributed by atoms with Crippen molar-refractivity contribution in [2.45, 2.75) is 6.10 Å². The van der Waals surface area contributed by atoms with E-state index in [0.29, 0.717) is 45.0 Å². The van der Waals surface area contributed by atoms with Gasteiger partial charge in [0.2, 0.25) is 0 Å². The Morgan fingerprint density at radius 1 is 1.14 bits per heavy atom. The lowest BCUT2D eigenvalue weighted by molar-refractivity contribution is -0.148. The third-order valence-electron chi connectivity index (χ3n) is 4.03. The highest BCUT2D eigenvalue weighted by molar-refractivity contribution is 5.82. The molecule has 2 saturated heterocycles. The summed E-state index contributed by atoms with van der Waals surface area (Å²) in [6.45, 7) is 4.28. The molecule has 0 radical (unpaired) electrons. The molecule has 0 aromatic heterocycles. The van der Waals surface area contributed by atoms with Gasteiger partial charge >= 0.3 is 0 Å². The van der Waals surface area contributed by atoms with Crippen molar-refractivity contribution in [3.05, 3.63) is 29.8 Å². The van der Waals surface area contributed by atoms with E-state index in [1.165, 1.54) is 0 Å². The van der Waals surface area contributed by atoms with Gasteiger partial charge in [-0.25, -0.2) is 0 Å². The summed E-state index contributed by atoms with van der Waals surface area (Å²) in [5, 5.41) is 8.85. The zero-order valence-electron chi connectivity index (χ0n) is 12.4. The van der Waals surface area contributed by atoms with E-state index in [1.54, 1.807) is 12.1 Å². The van der Waals surface area contributed by atoms with Crippen LogP contribution in [0.15, 0.2) is 24.3 Å². The molecule has 1 unspecified atom stereocenters. The van der Waals surface area contributed by atoms with Crippen LogP contribution in [0.4, 0.5) is 5.69 Å². The molecule has 3 rings (SSSR count). The van der Waals surface area contributed by atoms with E-state index >= 15 is 0 Å². The van der Waals surface area contributed by atoms with Crippen LogP contribution in [0.5, 0.6) is 0 Å². The molecule has 1 atom stereocenters. The number of anilines is 1. The zero-order chi connectivity index (χ0) is 15.4. The van der Waals surface area contributed by atoms with E-state index in [-0.39, 0.29) is 5.91 Å². The number of hydrogen-bond donors (Lipinski definition) is 0. The largest absolute Gasteiger partial charge is 0.378 e. The number of benzene rings is 1. The molecule has 1 aromatic carbocycles. The van der Waals surface area contributed by atoms with Gasteiger partial charge in [-0.2, -0.15) is 5.26 Å². The van der Waals surface area contributed by atoms with Gasteiger partial charge in [-0.3, -0.25) is 4.79 Å². The lowest BCUT2D eigenvalue weighted by atomic mass is 10.1.